The van der Waals surface area contributed by atoms with Crippen molar-refractivity contribution in [3.05, 3.63) is 41.3 Å². The Morgan fingerprint density at radius 2 is 2.12 bits per heavy atom. The van der Waals surface area contributed by atoms with Gasteiger partial charge in [0.15, 0.2) is 5.76 Å². The number of ether oxygens (including phenoxy) is 1. The molecule has 1 aromatic heterocycles. The maximum absolute atomic E-state index is 14.1. The smallest absolute Gasteiger partial charge is 0.410 e. The summed E-state index contributed by atoms with van der Waals surface area (Å²) >= 11 is 0. The first-order valence-corrected chi connectivity index (χ1v) is 8.47. The molecular weight excluding hydrogens is 323 g/mol. The van der Waals surface area contributed by atoms with Crippen LogP contribution in [0, 0.1) is 12.7 Å². The Labute approximate surface area is 146 Å². The molecule has 1 aliphatic rings. The standard InChI is InChI=1S/C19H23FN2O3/c1-12-7-8-14(20)13(10-12)17-11-15(21-25-17)16-6-5-9-22(16)18(23)24-19(2,3)4/h7-8,10-11,16H,5-6,9H2,1-4H3/t16-/m1/s1. The van der Waals surface area contributed by atoms with Crippen LogP contribution in [0.1, 0.15) is 50.9 Å². The number of rotatable bonds is 2. The summed E-state index contributed by atoms with van der Waals surface area (Å²) < 4.78 is 24.9. The number of carbonyl (C=O) groups excluding carboxylic acids is 1. The van der Waals surface area contributed by atoms with Crippen molar-refractivity contribution in [3.63, 3.8) is 0 Å². The van der Waals surface area contributed by atoms with E-state index in [2.05, 4.69) is 5.16 Å². The van der Waals surface area contributed by atoms with Crippen LogP contribution in [-0.4, -0.2) is 28.3 Å². The van der Waals surface area contributed by atoms with Gasteiger partial charge in [0, 0.05) is 12.6 Å². The molecule has 1 fully saturated rings. The van der Waals surface area contributed by atoms with Gasteiger partial charge < -0.3 is 9.26 Å². The van der Waals surface area contributed by atoms with Crippen molar-refractivity contribution in [2.75, 3.05) is 6.54 Å². The van der Waals surface area contributed by atoms with Crippen LogP contribution in [0.15, 0.2) is 28.8 Å². The van der Waals surface area contributed by atoms with E-state index < -0.39 is 5.60 Å². The second-order valence-electron chi connectivity index (χ2n) is 7.43. The second kappa shape index (κ2) is 6.50. The first-order chi connectivity index (χ1) is 11.7. The van der Waals surface area contributed by atoms with Crippen LogP contribution < -0.4 is 0 Å². The molecular formula is C19H23FN2O3. The van der Waals surface area contributed by atoms with Crippen molar-refractivity contribution in [2.45, 2.75) is 52.2 Å². The van der Waals surface area contributed by atoms with E-state index in [1.54, 1.807) is 23.1 Å². The van der Waals surface area contributed by atoms with Crippen molar-refractivity contribution in [2.24, 2.45) is 0 Å². The number of hydrogen-bond donors (Lipinski definition) is 0. The Hall–Kier alpha value is -2.37. The molecule has 5 nitrogen and oxygen atoms in total. The average molecular weight is 346 g/mol. The molecule has 1 aliphatic heterocycles. The quantitative estimate of drug-likeness (QED) is 0.779. The van der Waals surface area contributed by atoms with Crippen LogP contribution in [0.5, 0.6) is 0 Å². The fourth-order valence-corrected chi connectivity index (χ4v) is 3.01. The molecule has 134 valence electrons. The first kappa shape index (κ1) is 17.5. The number of likely N-dealkylation sites (tertiary alicyclic amines) is 1. The van der Waals surface area contributed by atoms with E-state index in [1.165, 1.54) is 6.07 Å². The fourth-order valence-electron chi connectivity index (χ4n) is 3.01. The monoisotopic (exact) mass is 346 g/mol. The highest BCUT2D eigenvalue weighted by molar-refractivity contribution is 5.69. The molecule has 1 aromatic carbocycles. The minimum absolute atomic E-state index is 0.208. The van der Waals surface area contributed by atoms with Gasteiger partial charge in [-0.05, 0) is 52.7 Å². The third-order valence-corrected chi connectivity index (χ3v) is 4.14. The largest absolute Gasteiger partial charge is 0.444 e. The number of benzene rings is 1. The molecule has 0 saturated carbocycles. The van der Waals surface area contributed by atoms with Gasteiger partial charge in [0.2, 0.25) is 0 Å². The lowest BCUT2D eigenvalue weighted by Crippen LogP contribution is -2.36. The van der Waals surface area contributed by atoms with Gasteiger partial charge in [0.25, 0.3) is 0 Å². The number of halogens is 1. The van der Waals surface area contributed by atoms with E-state index in [1.807, 2.05) is 27.7 Å². The Morgan fingerprint density at radius 3 is 2.84 bits per heavy atom. The number of aromatic nitrogens is 1. The molecule has 2 heterocycles. The van der Waals surface area contributed by atoms with Gasteiger partial charge in [-0.1, -0.05) is 16.8 Å². The summed E-state index contributed by atoms with van der Waals surface area (Å²) in [7, 11) is 0. The van der Waals surface area contributed by atoms with Gasteiger partial charge in [-0.2, -0.15) is 0 Å². The van der Waals surface area contributed by atoms with Gasteiger partial charge in [0.05, 0.1) is 11.6 Å². The Balaban J connectivity index is 1.84. The lowest BCUT2D eigenvalue weighted by atomic mass is 10.1. The molecule has 0 N–H and O–H groups in total. The Morgan fingerprint density at radius 1 is 1.36 bits per heavy atom. The molecule has 25 heavy (non-hydrogen) atoms. The summed E-state index contributed by atoms with van der Waals surface area (Å²) in [6.45, 7) is 8.02. The number of hydrogen-bond acceptors (Lipinski definition) is 4. The summed E-state index contributed by atoms with van der Waals surface area (Å²) in [4.78, 5) is 14.1. The molecule has 0 spiro atoms. The zero-order valence-corrected chi connectivity index (χ0v) is 15.0. The number of carbonyl (C=O) groups is 1. The molecule has 0 aliphatic carbocycles. The van der Waals surface area contributed by atoms with Crippen molar-refractivity contribution in [1.29, 1.82) is 0 Å². The number of amides is 1. The van der Waals surface area contributed by atoms with Gasteiger partial charge in [-0.3, -0.25) is 4.90 Å². The van der Waals surface area contributed by atoms with Crippen LogP contribution in [0.4, 0.5) is 9.18 Å². The summed E-state index contributed by atoms with van der Waals surface area (Å²) in [6.07, 6.45) is 1.29. The van der Waals surface area contributed by atoms with Crippen LogP contribution >= 0.6 is 0 Å². The summed E-state index contributed by atoms with van der Waals surface area (Å²) in [5.41, 5.74) is 1.38. The van der Waals surface area contributed by atoms with Crippen molar-refractivity contribution >= 4 is 6.09 Å². The molecule has 1 atom stereocenters. The third kappa shape index (κ3) is 3.83. The minimum Gasteiger partial charge on any atom is -0.444 e. The molecule has 1 amide bonds. The lowest BCUT2D eigenvalue weighted by molar-refractivity contribution is 0.0219. The van der Waals surface area contributed by atoms with Crippen LogP contribution in [0.25, 0.3) is 11.3 Å². The zero-order chi connectivity index (χ0) is 18.2. The van der Waals surface area contributed by atoms with E-state index in [-0.39, 0.29) is 18.0 Å². The number of aryl methyl sites for hydroxylation is 1. The molecule has 6 heteroatoms. The van der Waals surface area contributed by atoms with Crippen molar-refractivity contribution < 1.29 is 18.4 Å². The molecule has 2 aromatic rings. The molecule has 0 unspecified atom stereocenters. The maximum atomic E-state index is 14.1. The van der Waals surface area contributed by atoms with Gasteiger partial charge in [-0.15, -0.1) is 0 Å². The molecule has 0 radical (unpaired) electrons. The van der Waals surface area contributed by atoms with E-state index >= 15 is 0 Å². The highest BCUT2D eigenvalue weighted by atomic mass is 19.1. The summed E-state index contributed by atoms with van der Waals surface area (Å²) in [5, 5.41) is 4.08. The van der Waals surface area contributed by atoms with E-state index in [0.717, 1.165) is 18.4 Å². The third-order valence-electron chi connectivity index (χ3n) is 4.14. The minimum atomic E-state index is -0.552. The topological polar surface area (TPSA) is 55.6 Å². The Kier molecular flexibility index (Phi) is 4.54. The molecule has 3 rings (SSSR count). The summed E-state index contributed by atoms with van der Waals surface area (Å²) in [6, 6.07) is 6.35. The molecule has 0 bridgehead atoms. The van der Waals surface area contributed by atoms with Gasteiger partial charge >= 0.3 is 6.09 Å². The predicted octanol–water partition coefficient (Wildman–Crippen LogP) is 4.86. The first-order valence-electron chi connectivity index (χ1n) is 8.47. The Bertz CT molecular complexity index is 779. The highest BCUT2D eigenvalue weighted by Gasteiger charge is 2.35. The SMILES string of the molecule is Cc1ccc(F)c(-c2cc([C@H]3CCCN3C(=O)OC(C)(C)C)no2)c1. The van der Waals surface area contributed by atoms with Crippen LogP contribution in [0.3, 0.4) is 0 Å². The predicted molar refractivity (Wildman–Crippen MR) is 91.5 cm³/mol. The van der Waals surface area contributed by atoms with Crippen molar-refractivity contribution in [3.8, 4) is 11.3 Å². The van der Waals surface area contributed by atoms with E-state index in [4.69, 9.17) is 9.26 Å². The van der Waals surface area contributed by atoms with Crippen molar-refractivity contribution in [1.82, 2.24) is 10.1 Å². The maximum Gasteiger partial charge on any atom is 0.410 e. The number of nitrogens with zero attached hydrogens (tertiary/aromatic N) is 2. The van der Waals surface area contributed by atoms with Crippen LogP contribution in [-0.2, 0) is 4.74 Å². The lowest BCUT2D eigenvalue weighted by Gasteiger charge is -2.27. The van der Waals surface area contributed by atoms with Gasteiger partial charge in [-0.25, -0.2) is 9.18 Å². The zero-order valence-electron chi connectivity index (χ0n) is 15.0. The van der Waals surface area contributed by atoms with Crippen LogP contribution in [0.2, 0.25) is 0 Å². The fraction of sp³-hybridized carbons (Fsp3) is 0.474. The normalized spacial score (nSPS) is 17.8. The van der Waals surface area contributed by atoms with E-state index in [9.17, 15) is 9.18 Å². The van der Waals surface area contributed by atoms with E-state index in [0.29, 0.717) is 23.6 Å². The molecule has 1 saturated heterocycles. The average Bonchev–Trinajstić information content (AvgIpc) is 3.15. The summed E-state index contributed by atoms with van der Waals surface area (Å²) in [5.74, 6) is 0.0101. The highest BCUT2D eigenvalue weighted by Crippen LogP contribution is 2.35. The second-order valence-corrected chi connectivity index (χ2v) is 7.43. The van der Waals surface area contributed by atoms with Gasteiger partial charge in [0.1, 0.15) is 17.1 Å².